The second-order valence-electron chi connectivity index (χ2n) is 8.63. The third kappa shape index (κ3) is 4.15. The van der Waals surface area contributed by atoms with Crippen molar-refractivity contribution in [3.8, 4) is 16.9 Å². The van der Waals surface area contributed by atoms with Gasteiger partial charge < -0.3 is 9.15 Å². The topological polar surface area (TPSA) is 56.5 Å². The lowest BCUT2D eigenvalue weighted by Gasteiger charge is -2.18. The zero-order valence-electron chi connectivity index (χ0n) is 18.1. The first-order chi connectivity index (χ1) is 14.7. The smallest absolute Gasteiger partial charge is 0.344 e. The molecule has 1 aromatic heterocycles. The molecule has 0 amide bonds. The van der Waals surface area contributed by atoms with Crippen molar-refractivity contribution in [3.63, 3.8) is 0 Å². The molecule has 4 rings (SSSR count). The summed E-state index contributed by atoms with van der Waals surface area (Å²) in [5.41, 5.74) is 3.79. The molecule has 0 saturated heterocycles. The van der Waals surface area contributed by atoms with Crippen molar-refractivity contribution in [2.24, 2.45) is 0 Å². The minimum absolute atomic E-state index is 0.0126. The first kappa shape index (κ1) is 20.6. The summed E-state index contributed by atoms with van der Waals surface area (Å²) >= 11 is 0. The second-order valence-corrected chi connectivity index (χ2v) is 8.63. The second kappa shape index (κ2) is 7.88. The minimum atomic E-state index is -0.432. The molecule has 4 aromatic rings. The molecule has 0 spiro atoms. The number of esters is 1. The summed E-state index contributed by atoms with van der Waals surface area (Å²) in [4.78, 5) is 25.2. The summed E-state index contributed by atoms with van der Waals surface area (Å²) in [6, 6.07) is 21.9. The monoisotopic (exact) mass is 412 g/mol. The van der Waals surface area contributed by atoms with Crippen LogP contribution < -0.4 is 10.4 Å². The Kier molecular flexibility index (Phi) is 5.24. The molecule has 0 saturated carbocycles. The van der Waals surface area contributed by atoms with Gasteiger partial charge in [-0.2, -0.15) is 0 Å². The number of rotatable bonds is 3. The number of carbonyl (C=O) groups excluding carboxylic acids is 1. The van der Waals surface area contributed by atoms with Crippen LogP contribution in [0.4, 0.5) is 0 Å². The molecule has 0 aliphatic rings. The highest BCUT2D eigenvalue weighted by molar-refractivity contribution is 5.92. The van der Waals surface area contributed by atoms with Crippen molar-refractivity contribution in [2.45, 2.75) is 33.1 Å². The average molecular weight is 412 g/mol. The van der Waals surface area contributed by atoms with Gasteiger partial charge in [0, 0.05) is 5.39 Å². The maximum atomic E-state index is 12.6. The predicted octanol–water partition coefficient (Wildman–Crippen LogP) is 6.29. The molecular formula is C27H24O4. The van der Waals surface area contributed by atoms with E-state index in [0.29, 0.717) is 22.5 Å². The largest absolute Gasteiger partial charge is 0.423 e. The summed E-state index contributed by atoms with van der Waals surface area (Å²) < 4.78 is 11.1. The summed E-state index contributed by atoms with van der Waals surface area (Å²) in [5, 5.41) is 0.729. The van der Waals surface area contributed by atoms with Crippen LogP contribution in [-0.2, 0) is 5.41 Å². The Morgan fingerprint density at radius 3 is 2.23 bits per heavy atom. The first-order valence-corrected chi connectivity index (χ1v) is 10.2. The van der Waals surface area contributed by atoms with Crippen LogP contribution in [0.2, 0.25) is 0 Å². The van der Waals surface area contributed by atoms with Gasteiger partial charge in [-0.15, -0.1) is 0 Å². The normalized spacial score (nSPS) is 11.5. The third-order valence-corrected chi connectivity index (χ3v) is 5.40. The van der Waals surface area contributed by atoms with E-state index < -0.39 is 5.97 Å². The van der Waals surface area contributed by atoms with Crippen LogP contribution in [0.1, 0.15) is 42.3 Å². The van der Waals surface area contributed by atoms with E-state index in [-0.39, 0.29) is 11.0 Å². The van der Waals surface area contributed by atoms with Gasteiger partial charge in [0.05, 0.1) is 11.1 Å². The van der Waals surface area contributed by atoms with E-state index in [4.69, 9.17) is 9.15 Å². The Morgan fingerprint density at radius 2 is 1.58 bits per heavy atom. The van der Waals surface area contributed by atoms with Crippen LogP contribution in [0.5, 0.6) is 5.75 Å². The van der Waals surface area contributed by atoms with Crippen molar-refractivity contribution < 1.29 is 13.9 Å². The van der Waals surface area contributed by atoms with Crippen molar-refractivity contribution in [1.82, 2.24) is 0 Å². The molecule has 0 fully saturated rings. The van der Waals surface area contributed by atoms with Gasteiger partial charge in [0.2, 0.25) is 0 Å². The molecule has 0 N–H and O–H groups in total. The lowest BCUT2D eigenvalue weighted by molar-refractivity contribution is 0.0735. The highest BCUT2D eigenvalue weighted by Crippen LogP contribution is 2.29. The van der Waals surface area contributed by atoms with Crippen molar-refractivity contribution in [3.05, 3.63) is 99.9 Å². The Balaban J connectivity index is 1.67. The predicted molar refractivity (Wildman–Crippen MR) is 123 cm³/mol. The lowest BCUT2D eigenvalue weighted by atomic mass is 9.87. The fourth-order valence-electron chi connectivity index (χ4n) is 3.60. The fraction of sp³-hybridized carbons (Fsp3) is 0.185. The SMILES string of the molecule is Cc1c(-c2ccccc2)c(=O)oc2ccc(OC(=O)c3ccc(C(C)(C)C)cc3)cc12. The van der Waals surface area contributed by atoms with Crippen LogP contribution >= 0.6 is 0 Å². The van der Waals surface area contributed by atoms with E-state index in [1.54, 1.807) is 30.3 Å². The number of ether oxygens (including phenoxy) is 1. The summed E-state index contributed by atoms with van der Waals surface area (Å²) in [6.45, 7) is 8.25. The Bertz CT molecular complexity index is 1310. The van der Waals surface area contributed by atoms with E-state index in [9.17, 15) is 9.59 Å². The number of aryl methyl sites for hydroxylation is 1. The quantitative estimate of drug-likeness (QED) is 0.226. The van der Waals surface area contributed by atoms with Gasteiger partial charge in [-0.05, 0) is 59.4 Å². The van der Waals surface area contributed by atoms with E-state index in [1.165, 1.54) is 0 Å². The highest BCUT2D eigenvalue weighted by atomic mass is 16.5. The molecule has 0 aliphatic heterocycles. The molecule has 3 aromatic carbocycles. The zero-order chi connectivity index (χ0) is 22.2. The van der Waals surface area contributed by atoms with Crippen LogP contribution in [0.3, 0.4) is 0 Å². The van der Waals surface area contributed by atoms with Gasteiger partial charge in [0.15, 0.2) is 0 Å². The minimum Gasteiger partial charge on any atom is -0.423 e. The molecule has 0 atom stereocenters. The fourth-order valence-corrected chi connectivity index (χ4v) is 3.60. The van der Waals surface area contributed by atoms with Crippen molar-refractivity contribution in [2.75, 3.05) is 0 Å². The van der Waals surface area contributed by atoms with Crippen LogP contribution in [-0.4, -0.2) is 5.97 Å². The molecule has 0 unspecified atom stereocenters. The van der Waals surface area contributed by atoms with Crippen LogP contribution in [0.25, 0.3) is 22.1 Å². The Morgan fingerprint density at radius 1 is 0.903 bits per heavy atom. The maximum Gasteiger partial charge on any atom is 0.344 e. The molecule has 0 aliphatic carbocycles. The van der Waals surface area contributed by atoms with Crippen LogP contribution in [0.15, 0.2) is 82.0 Å². The standard InChI is InChI=1S/C27H24O4/c1-17-22-16-21(30-25(28)19-10-12-20(13-11-19)27(2,3)4)14-15-23(22)31-26(29)24(17)18-8-6-5-7-9-18/h5-16H,1-4H3. The summed E-state index contributed by atoms with van der Waals surface area (Å²) in [6.07, 6.45) is 0. The number of fused-ring (bicyclic) bond motifs is 1. The number of hydrogen-bond acceptors (Lipinski definition) is 4. The zero-order valence-corrected chi connectivity index (χ0v) is 18.1. The van der Waals surface area contributed by atoms with Gasteiger partial charge in [0.1, 0.15) is 11.3 Å². The molecule has 0 bridgehead atoms. The molecular weight excluding hydrogens is 388 g/mol. The maximum absolute atomic E-state index is 12.6. The van der Waals surface area contributed by atoms with Gasteiger partial charge in [-0.3, -0.25) is 0 Å². The third-order valence-electron chi connectivity index (χ3n) is 5.40. The molecule has 0 radical (unpaired) electrons. The van der Waals surface area contributed by atoms with E-state index in [2.05, 4.69) is 20.8 Å². The number of benzene rings is 3. The van der Waals surface area contributed by atoms with Gasteiger partial charge >= 0.3 is 11.6 Å². The van der Waals surface area contributed by atoms with Gasteiger partial charge in [0.25, 0.3) is 0 Å². The Labute approximate surface area is 181 Å². The molecule has 1 heterocycles. The lowest BCUT2D eigenvalue weighted by Crippen LogP contribution is -2.13. The van der Waals surface area contributed by atoms with E-state index >= 15 is 0 Å². The molecule has 4 nitrogen and oxygen atoms in total. The van der Waals surface area contributed by atoms with Gasteiger partial charge in [-0.25, -0.2) is 9.59 Å². The van der Waals surface area contributed by atoms with E-state index in [0.717, 1.165) is 22.1 Å². The summed E-state index contributed by atoms with van der Waals surface area (Å²) in [7, 11) is 0. The summed E-state index contributed by atoms with van der Waals surface area (Å²) in [5.74, 6) is -0.0357. The van der Waals surface area contributed by atoms with E-state index in [1.807, 2.05) is 49.4 Å². The first-order valence-electron chi connectivity index (χ1n) is 10.2. The van der Waals surface area contributed by atoms with Crippen molar-refractivity contribution in [1.29, 1.82) is 0 Å². The highest BCUT2D eigenvalue weighted by Gasteiger charge is 2.17. The van der Waals surface area contributed by atoms with Crippen molar-refractivity contribution >= 4 is 16.9 Å². The Hall–Kier alpha value is -3.66. The molecule has 4 heteroatoms. The molecule has 31 heavy (non-hydrogen) atoms. The molecule has 156 valence electrons. The average Bonchev–Trinajstić information content (AvgIpc) is 2.74. The van der Waals surface area contributed by atoms with Crippen LogP contribution in [0, 0.1) is 6.92 Å². The number of carbonyl (C=O) groups is 1. The van der Waals surface area contributed by atoms with Gasteiger partial charge in [-0.1, -0.05) is 63.2 Å². The number of hydrogen-bond donors (Lipinski definition) is 0.